The van der Waals surface area contributed by atoms with Gasteiger partial charge in [0.15, 0.2) is 0 Å². The van der Waals surface area contributed by atoms with Crippen LogP contribution in [0, 0.1) is 12.7 Å². The van der Waals surface area contributed by atoms with Crippen molar-refractivity contribution in [3.8, 4) is 0 Å². The summed E-state index contributed by atoms with van der Waals surface area (Å²) in [6, 6.07) is 8.58. The van der Waals surface area contributed by atoms with Crippen LogP contribution < -0.4 is 5.32 Å². The number of rotatable bonds is 3. The molecule has 0 fully saturated rings. The number of carbonyl (C=O) groups is 2. The molecule has 2 aromatic carbocycles. The zero-order valence-corrected chi connectivity index (χ0v) is 12.6. The van der Waals surface area contributed by atoms with Crippen molar-refractivity contribution in [1.29, 1.82) is 0 Å². The Morgan fingerprint density at radius 1 is 1.14 bits per heavy atom. The predicted octanol–water partition coefficient (Wildman–Crippen LogP) is 3.85. The number of anilines is 1. The summed E-state index contributed by atoms with van der Waals surface area (Å²) in [5.41, 5.74) is 0.961. The Hall–Kier alpha value is -2.21. The topological polar surface area (TPSA) is 66.4 Å². The van der Waals surface area contributed by atoms with Crippen molar-refractivity contribution in [2.45, 2.75) is 6.92 Å². The molecule has 6 heteroatoms. The van der Waals surface area contributed by atoms with Gasteiger partial charge in [0.25, 0.3) is 5.91 Å². The molecule has 21 heavy (non-hydrogen) atoms. The van der Waals surface area contributed by atoms with Crippen LogP contribution in [0.3, 0.4) is 0 Å². The van der Waals surface area contributed by atoms with Gasteiger partial charge in [-0.25, -0.2) is 9.18 Å². The minimum atomic E-state index is -1.39. The summed E-state index contributed by atoms with van der Waals surface area (Å²) in [5.74, 6) is -2.62. The number of hydrogen-bond acceptors (Lipinski definition) is 2. The fourth-order valence-corrected chi connectivity index (χ4v) is 2.32. The van der Waals surface area contributed by atoms with Crippen LogP contribution in [0.4, 0.5) is 10.1 Å². The fraction of sp³-hybridized carbons (Fsp3) is 0.0667. The molecule has 0 aromatic heterocycles. The van der Waals surface area contributed by atoms with Gasteiger partial charge in [0.1, 0.15) is 5.82 Å². The van der Waals surface area contributed by atoms with Crippen LogP contribution in [0.5, 0.6) is 0 Å². The molecule has 0 bridgehead atoms. The van der Waals surface area contributed by atoms with Gasteiger partial charge in [-0.15, -0.1) is 0 Å². The molecule has 0 saturated carbocycles. The Balaban J connectivity index is 2.27. The predicted molar refractivity (Wildman–Crippen MR) is 80.2 cm³/mol. The lowest BCUT2D eigenvalue weighted by Gasteiger charge is -2.09. The highest BCUT2D eigenvalue weighted by molar-refractivity contribution is 9.10. The van der Waals surface area contributed by atoms with Crippen molar-refractivity contribution < 1.29 is 19.1 Å². The second-order valence-electron chi connectivity index (χ2n) is 4.41. The van der Waals surface area contributed by atoms with E-state index in [4.69, 9.17) is 5.11 Å². The van der Waals surface area contributed by atoms with E-state index in [0.717, 1.165) is 22.2 Å². The second kappa shape index (κ2) is 6.05. The van der Waals surface area contributed by atoms with Gasteiger partial charge in [-0.1, -0.05) is 15.9 Å². The van der Waals surface area contributed by atoms with Gasteiger partial charge in [0.05, 0.1) is 5.56 Å². The van der Waals surface area contributed by atoms with Crippen molar-refractivity contribution in [1.82, 2.24) is 0 Å². The van der Waals surface area contributed by atoms with Crippen molar-refractivity contribution in [2.75, 3.05) is 5.32 Å². The largest absolute Gasteiger partial charge is 0.478 e. The molecule has 4 nitrogen and oxygen atoms in total. The first-order valence-electron chi connectivity index (χ1n) is 5.99. The van der Waals surface area contributed by atoms with E-state index in [9.17, 15) is 14.0 Å². The van der Waals surface area contributed by atoms with Crippen LogP contribution in [-0.2, 0) is 0 Å². The fourth-order valence-electron chi connectivity index (χ4n) is 1.85. The molecule has 0 saturated heterocycles. The lowest BCUT2D eigenvalue weighted by atomic mass is 10.1. The first-order valence-corrected chi connectivity index (χ1v) is 6.78. The minimum absolute atomic E-state index is 0.223. The minimum Gasteiger partial charge on any atom is -0.478 e. The monoisotopic (exact) mass is 351 g/mol. The molecule has 0 aliphatic heterocycles. The third-order valence-electron chi connectivity index (χ3n) is 2.89. The van der Waals surface area contributed by atoms with Gasteiger partial charge in [-0.05, 0) is 48.9 Å². The maximum Gasteiger partial charge on any atom is 0.338 e. The molecule has 0 aliphatic rings. The van der Waals surface area contributed by atoms with Crippen LogP contribution in [-0.4, -0.2) is 17.0 Å². The number of nitrogens with one attached hydrogen (secondary N) is 1. The van der Waals surface area contributed by atoms with Crippen LogP contribution in [0.1, 0.15) is 26.3 Å². The number of aryl methyl sites for hydroxylation is 1. The number of hydrogen-bond donors (Lipinski definition) is 2. The van der Waals surface area contributed by atoms with E-state index in [1.807, 2.05) is 0 Å². The summed E-state index contributed by atoms with van der Waals surface area (Å²) in [4.78, 5) is 23.0. The van der Waals surface area contributed by atoms with E-state index in [-0.39, 0.29) is 11.6 Å². The average Bonchev–Trinajstić information content (AvgIpc) is 2.40. The summed E-state index contributed by atoms with van der Waals surface area (Å²) in [7, 11) is 0. The molecule has 0 radical (unpaired) electrons. The van der Waals surface area contributed by atoms with E-state index >= 15 is 0 Å². The Labute approximate surface area is 128 Å². The first-order chi connectivity index (χ1) is 9.88. The van der Waals surface area contributed by atoms with E-state index in [1.54, 1.807) is 25.1 Å². The molecule has 0 aliphatic carbocycles. The van der Waals surface area contributed by atoms with Crippen LogP contribution >= 0.6 is 15.9 Å². The molecule has 2 aromatic rings. The van der Waals surface area contributed by atoms with E-state index < -0.39 is 17.3 Å². The van der Waals surface area contributed by atoms with Crippen molar-refractivity contribution >= 4 is 33.5 Å². The van der Waals surface area contributed by atoms with Gasteiger partial charge in [-0.2, -0.15) is 0 Å². The Morgan fingerprint density at radius 2 is 1.86 bits per heavy atom. The molecule has 2 rings (SSSR count). The van der Waals surface area contributed by atoms with Gasteiger partial charge in [-0.3, -0.25) is 4.79 Å². The third-order valence-corrected chi connectivity index (χ3v) is 3.38. The normalized spacial score (nSPS) is 10.2. The average molecular weight is 352 g/mol. The smallest absolute Gasteiger partial charge is 0.338 e. The second-order valence-corrected chi connectivity index (χ2v) is 5.33. The lowest BCUT2D eigenvalue weighted by Crippen LogP contribution is -2.14. The highest BCUT2D eigenvalue weighted by Gasteiger charge is 2.14. The quantitative estimate of drug-likeness (QED) is 0.882. The number of halogens is 2. The molecule has 0 spiro atoms. The summed E-state index contributed by atoms with van der Waals surface area (Å²) < 4.78 is 14.1. The first kappa shape index (κ1) is 15.2. The molecule has 0 heterocycles. The van der Waals surface area contributed by atoms with E-state index in [0.29, 0.717) is 5.56 Å². The standard InChI is InChI=1S/C15H11BrFNO3/c1-8-6-9(16)2-4-11(8)14(19)18-10-3-5-13(17)12(7-10)15(20)21/h2-7H,1H3,(H,18,19)(H,20,21). The number of carboxylic acids is 1. The summed E-state index contributed by atoms with van der Waals surface area (Å²) >= 11 is 3.31. The molecular weight excluding hydrogens is 341 g/mol. The van der Waals surface area contributed by atoms with Crippen molar-refractivity contribution in [2.24, 2.45) is 0 Å². The Bertz CT molecular complexity index is 731. The Kier molecular flexibility index (Phi) is 4.37. The van der Waals surface area contributed by atoms with Gasteiger partial charge < -0.3 is 10.4 Å². The van der Waals surface area contributed by atoms with E-state index in [1.165, 1.54) is 6.07 Å². The van der Waals surface area contributed by atoms with Crippen molar-refractivity contribution in [3.63, 3.8) is 0 Å². The van der Waals surface area contributed by atoms with Gasteiger partial charge in [0, 0.05) is 15.7 Å². The third kappa shape index (κ3) is 3.46. The zero-order valence-electron chi connectivity index (χ0n) is 11.0. The van der Waals surface area contributed by atoms with Crippen LogP contribution in [0.15, 0.2) is 40.9 Å². The number of amides is 1. The van der Waals surface area contributed by atoms with E-state index in [2.05, 4.69) is 21.2 Å². The Morgan fingerprint density at radius 3 is 2.48 bits per heavy atom. The van der Waals surface area contributed by atoms with Crippen LogP contribution in [0.2, 0.25) is 0 Å². The maximum absolute atomic E-state index is 13.3. The summed E-state index contributed by atoms with van der Waals surface area (Å²) in [6.45, 7) is 1.78. The molecule has 1 amide bonds. The summed E-state index contributed by atoms with van der Waals surface area (Å²) in [6.07, 6.45) is 0. The van der Waals surface area contributed by atoms with Gasteiger partial charge in [0.2, 0.25) is 0 Å². The molecule has 0 atom stereocenters. The molecule has 2 N–H and O–H groups in total. The number of carbonyl (C=O) groups excluding carboxylic acids is 1. The summed E-state index contributed by atoms with van der Waals surface area (Å²) in [5, 5.41) is 11.4. The highest BCUT2D eigenvalue weighted by Crippen LogP contribution is 2.19. The number of aromatic carboxylic acids is 1. The van der Waals surface area contributed by atoms with Crippen LogP contribution in [0.25, 0.3) is 0 Å². The number of benzene rings is 2. The molecular formula is C15H11BrFNO3. The zero-order chi connectivity index (χ0) is 15.6. The highest BCUT2D eigenvalue weighted by atomic mass is 79.9. The molecule has 0 unspecified atom stereocenters. The number of carboxylic acid groups (broad SMARTS) is 1. The SMILES string of the molecule is Cc1cc(Br)ccc1C(=O)Nc1ccc(F)c(C(=O)O)c1. The molecule has 108 valence electrons. The van der Waals surface area contributed by atoms with Gasteiger partial charge >= 0.3 is 5.97 Å². The lowest BCUT2D eigenvalue weighted by molar-refractivity contribution is 0.0691. The van der Waals surface area contributed by atoms with Crippen molar-refractivity contribution in [3.05, 3.63) is 63.4 Å². The maximum atomic E-state index is 13.3.